The molecule has 0 unspecified atom stereocenters. The number of nitrogens with zero attached hydrogens (tertiary/aromatic N) is 2. The maximum atomic E-state index is 4.44. The van der Waals surface area contributed by atoms with Crippen molar-refractivity contribution in [2.75, 3.05) is 0 Å². The van der Waals surface area contributed by atoms with Crippen LogP contribution in [0.4, 0.5) is 0 Å². The highest BCUT2D eigenvalue weighted by molar-refractivity contribution is 5.78. The minimum atomic E-state index is 0.849. The summed E-state index contributed by atoms with van der Waals surface area (Å²) in [6.07, 6.45) is 7.49. The van der Waals surface area contributed by atoms with E-state index < -0.39 is 0 Å². The summed E-state index contributed by atoms with van der Waals surface area (Å²) in [5.74, 6) is 0.849. The Kier molecular flexibility index (Phi) is 2.04. The normalized spacial score (nSPS) is 11.5. The maximum absolute atomic E-state index is 4.44. The predicted molar refractivity (Wildman–Crippen MR) is 63.6 cm³/mol. The van der Waals surface area contributed by atoms with Crippen molar-refractivity contribution in [1.82, 2.24) is 20.2 Å². The Bertz CT molecular complexity index is 586. The van der Waals surface area contributed by atoms with Gasteiger partial charge in [-0.25, -0.2) is 4.98 Å². The van der Waals surface area contributed by atoms with Crippen molar-refractivity contribution in [2.45, 2.75) is 0 Å². The summed E-state index contributed by atoms with van der Waals surface area (Å²) in [6, 6.07) is 7.97. The Hall–Kier alpha value is -2.36. The second-order valence-corrected chi connectivity index (χ2v) is 3.50. The minimum absolute atomic E-state index is 0.849. The molecule has 0 saturated heterocycles. The third-order valence-electron chi connectivity index (χ3n) is 2.36. The van der Waals surface area contributed by atoms with E-state index in [-0.39, 0.29) is 0 Å². The van der Waals surface area contributed by atoms with Crippen LogP contribution in [0.25, 0.3) is 23.2 Å². The molecule has 4 nitrogen and oxygen atoms in total. The Morgan fingerprint density at radius 2 is 2.06 bits per heavy atom. The first-order valence-corrected chi connectivity index (χ1v) is 5.03. The second kappa shape index (κ2) is 3.66. The largest absolute Gasteiger partial charge is 0.338 e. The quantitative estimate of drug-likeness (QED) is 0.682. The summed E-state index contributed by atoms with van der Waals surface area (Å²) < 4.78 is 0. The first kappa shape index (κ1) is 8.91. The molecule has 1 aromatic carbocycles. The molecule has 2 heterocycles. The van der Waals surface area contributed by atoms with Gasteiger partial charge in [0.25, 0.3) is 0 Å². The first-order valence-electron chi connectivity index (χ1n) is 5.03. The highest BCUT2D eigenvalue weighted by Crippen LogP contribution is 2.12. The van der Waals surface area contributed by atoms with Crippen molar-refractivity contribution in [3.63, 3.8) is 0 Å². The van der Waals surface area contributed by atoms with E-state index in [0.717, 1.165) is 22.4 Å². The summed E-state index contributed by atoms with van der Waals surface area (Å²) in [4.78, 5) is 7.67. The summed E-state index contributed by atoms with van der Waals surface area (Å²) >= 11 is 0. The monoisotopic (exact) mass is 210 g/mol. The molecule has 0 spiro atoms. The lowest BCUT2D eigenvalue weighted by Crippen LogP contribution is -1.72. The average molecular weight is 210 g/mol. The summed E-state index contributed by atoms with van der Waals surface area (Å²) in [5.41, 5.74) is 3.06. The zero-order valence-electron chi connectivity index (χ0n) is 8.51. The van der Waals surface area contributed by atoms with Gasteiger partial charge in [0.15, 0.2) is 0 Å². The molecule has 78 valence electrons. The molecule has 0 fully saturated rings. The van der Waals surface area contributed by atoms with Crippen LogP contribution in [-0.4, -0.2) is 20.2 Å². The van der Waals surface area contributed by atoms with Gasteiger partial charge in [0.2, 0.25) is 0 Å². The van der Waals surface area contributed by atoms with Gasteiger partial charge in [-0.3, -0.25) is 5.10 Å². The highest BCUT2D eigenvalue weighted by Gasteiger charge is 1.97. The van der Waals surface area contributed by atoms with Crippen LogP contribution < -0.4 is 0 Å². The van der Waals surface area contributed by atoms with E-state index in [9.17, 15) is 0 Å². The summed E-state index contributed by atoms with van der Waals surface area (Å²) in [7, 11) is 0. The number of hydrogen-bond donors (Lipinski definition) is 2. The molecule has 0 aliphatic rings. The van der Waals surface area contributed by atoms with E-state index in [1.807, 2.05) is 42.6 Å². The van der Waals surface area contributed by atoms with Gasteiger partial charge in [-0.2, -0.15) is 5.10 Å². The van der Waals surface area contributed by atoms with Gasteiger partial charge in [-0.15, -0.1) is 0 Å². The lowest BCUT2D eigenvalue weighted by molar-refractivity contribution is 1.09. The zero-order valence-corrected chi connectivity index (χ0v) is 8.51. The van der Waals surface area contributed by atoms with Crippen molar-refractivity contribution in [3.05, 3.63) is 48.0 Å². The molecule has 3 aromatic rings. The average Bonchev–Trinajstić information content (AvgIpc) is 2.95. The number of fused-ring (bicyclic) bond motifs is 1. The summed E-state index contributed by atoms with van der Waals surface area (Å²) in [5, 5.41) is 6.63. The lowest BCUT2D eigenvalue weighted by atomic mass is 10.3. The molecule has 2 aromatic heterocycles. The smallest absolute Gasteiger partial charge is 0.131 e. The fourth-order valence-electron chi connectivity index (χ4n) is 1.58. The van der Waals surface area contributed by atoms with Crippen molar-refractivity contribution < 1.29 is 0 Å². The summed E-state index contributed by atoms with van der Waals surface area (Å²) in [6.45, 7) is 0. The number of rotatable bonds is 2. The number of nitrogens with one attached hydrogen (secondary N) is 2. The van der Waals surface area contributed by atoms with Crippen LogP contribution in [-0.2, 0) is 0 Å². The molecule has 0 atom stereocenters. The molecule has 0 radical (unpaired) electrons. The standard InChI is InChI=1S/C12H10N4/c1-2-4-11-10(3-1)15-12(16-11)6-5-9-7-13-14-8-9/h1-8H,(H,13,14)(H,15,16). The van der Waals surface area contributed by atoms with Gasteiger partial charge >= 0.3 is 0 Å². The van der Waals surface area contributed by atoms with E-state index >= 15 is 0 Å². The number of benzene rings is 1. The van der Waals surface area contributed by atoms with E-state index in [2.05, 4.69) is 20.2 Å². The van der Waals surface area contributed by atoms with E-state index in [4.69, 9.17) is 0 Å². The van der Waals surface area contributed by atoms with Crippen molar-refractivity contribution >= 4 is 23.2 Å². The third kappa shape index (κ3) is 1.61. The molecule has 4 heteroatoms. The Morgan fingerprint density at radius 1 is 1.12 bits per heavy atom. The second-order valence-electron chi connectivity index (χ2n) is 3.50. The molecule has 0 aliphatic carbocycles. The van der Waals surface area contributed by atoms with Crippen molar-refractivity contribution in [2.24, 2.45) is 0 Å². The third-order valence-corrected chi connectivity index (χ3v) is 2.36. The molecule has 16 heavy (non-hydrogen) atoms. The van der Waals surface area contributed by atoms with E-state index in [0.29, 0.717) is 0 Å². The molecular weight excluding hydrogens is 200 g/mol. The predicted octanol–water partition coefficient (Wildman–Crippen LogP) is 2.46. The molecule has 2 N–H and O–H groups in total. The fourth-order valence-corrected chi connectivity index (χ4v) is 1.58. The number of hydrogen-bond acceptors (Lipinski definition) is 2. The van der Waals surface area contributed by atoms with Crippen LogP contribution in [0.2, 0.25) is 0 Å². The minimum Gasteiger partial charge on any atom is -0.338 e. The molecular formula is C12H10N4. The molecule has 3 rings (SSSR count). The fraction of sp³-hybridized carbons (Fsp3) is 0. The Labute approximate surface area is 92.0 Å². The van der Waals surface area contributed by atoms with Crippen LogP contribution in [0.1, 0.15) is 11.4 Å². The van der Waals surface area contributed by atoms with Gasteiger partial charge in [0.1, 0.15) is 5.82 Å². The van der Waals surface area contributed by atoms with Gasteiger partial charge in [-0.1, -0.05) is 12.1 Å². The van der Waals surface area contributed by atoms with Crippen molar-refractivity contribution in [3.8, 4) is 0 Å². The van der Waals surface area contributed by atoms with Crippen LogP contribution in [0.15, 0.2) is 36.7 Å². The lowest BCUT2D eigenvalue weighted by Gasteiger charge is -1.82. The molecule has 0 bridgehead atoms. The molecule has 0 saturated carbocycles. The van der Waals surface area contributed by atoms with E-state index in [1.54, 1.807) is 6.20 Å². The van der Waals surface area contributed by atoms with Crippen LogP contribution in [0.3, 0.4) is 0 Å². The van der Waals surface area contributed by atoms with Gasteiger partial charge < -0.3 is 4.98 Å². The Balaban J connectivity index is 1.95. The number of imidazole rings is 1. The van der Waals surface area contributed by atoms with Gasteiger partial charge in [0.05, 0.1) is 17.2 Å². The first-order chi connectivity index (χ1) is 7.92. The van der Waals surface area contributed by atoms with E-state index in [1.165, 1.54) is 0 Å². The van der Waals surface area contributed by atoms with Crippen molar-refractivity contribution in [1.29, 1.82) is 0 Å². The number of para-hydroxylation sites is 2. The number of H-pyrrole nitrogens is 2. The number of aromatic amines is 2. The zero-order chi connectivity index (χ0) is 10.8. The van der Waals surface area contributed by atoms with Crippen LogP contribution >= 0.6 is 0 Å². The Morgan fingerprint density at radius 3 is 2.88 bits per heavy atom. The van der Waals surface area contributed by atoms with Gasteiger partial charge in [-0.05, 0) is 24.3 Å². The van der Waals surface area contributed by atoms with Crippen LogP contribution in [0, 0.1) is 0 Å². The molecule has 0 aliphatic heterocycles. The van der Waals surface area contributed by atoms with Gasteiger partial charge in [0, 0.05) is 11.8 Å². The highest BCUT2D eigenvalue weighted by atomic mass is 15.1. The number of aromatic nitrogens is 4. The molecule has 0 amide bonds. The maximum Gasteiger partial charge on any atom is 0.131 e. The van der Waals surface area contributed by atoms with Crippen LogP contribution in [0.5, 0.6) is 0 Å². The SMILES string of the molecule is C(=Cc1nc2ccccc2[nH]1)c1cn[nH]c1. The topological polar surface area (TPSA) is 57.4 Å².